The average molecular weight is 362 g/mol. The lowest BCUT2D eigenvalue weighted by Gasteiger charge is -2.16. The summed E-state index contributed by atoms with van der Waals surface area (Å²) in [5.41, 5.74) is 0.493. The molecule has 22 heavy (non-hydrogen) atoms. The van der Waals surface area contributed by atoms with Gasteiger partial charge in [-0.1, -0.05) is 52.8 Å². The molecule has 1 atom stereocenters. The molecular formula is C17H16BrNO3. The van der Waals surface area contributed by atoms with E-state index in [2.05, 4.69) is 27.8 Å². The van der Waals surface area contributed by atoms with E-state index in [1.54, 1.807) is 12.1 Å². The van der Waals surface area contributed by atoms with Crippen molar-refractivity contribution >= 4 is 38.6 Å². The number of carbonyl (C=O) groups excluding carboxylic acids is 2. The Balaban J connectivity index is 2.20. The molecule has 114 valence electrons. The van der Waals surface area contributed by atoms with Gasteiger partial charge in [-0.3, -0.25) is 4.79 Å². The SMILES string of the molecule is C=C(Br)C[C@@H](NC(=O)c1ccc2ccccc2c1)C(=O)OC. The van der Waals surface area contributed by atoms with Crippen molar-refractivity contribution in [3.8, 4) is 0 Å². The molecule has 0 aliphatic heterocycles. The van der Waals surface area contributed by atoms with Gasteiger partial charge >= 0.3 is 5.97 Å². The van der Waals surface area contributed by atoms with Crippen molar-refractivity contribution in [3.05, 3.63) is 59.1 Å². The molecule has 0 aliphatic carbocycles. The van der Waals surface area contributed by atoms with Crippen LogP contribution < -0.4 is 5.32 Å². The Labute approximate surface area is 137 Å². The quantitative estimate of drug-likeness (QED) is 0.830. The van der Waals surface area contributed by atoms with Crippen LogP contribution in [0, 0.1) is 0 Å². The van der Waals surface area contributed by atoms with Crippen molar-refractivity contribution in [2.24, 2.45) is 0 Å². The number of hydrogen-bond acceptors (Lipinski definition) is 3. The molecule has 0 saturated carbocycles. The van der Waals surface area contributed by atoms with E-state index in [0.717, 1.165) is 10.8 Å². The zero-order valence-electron chi connectivity index (χ0n) is 12.1. The van der Waals surface area contributed by atoms with E-state index in [1.807, 2.05) is 30.3 Å². The number of esters is 1. The highest BCUT2D eigenvalue weighted by atomic mass is 79.9. The molecule has 0 bridgehead atoms. The number of nitrogens with one attached hydrogen (secondary N) is 1. The smallest absolute Gasteiger partial charge is 0.328 e. The van der Waals surface area contributed by atoms with Gasteiger partial charge in [-0.2, -0.15) is 0 Å². The third-order valence-electron chi connectivity index (χ3n) is 3.23. The highest BCUT2D eigenvalue weighted by molar-refractivity contribution is 9.11. The van der Waals surface area contributed by atoms with Crippen molar-refractivity contribution in [1.82, 2.24) is 5.32 Å². The van der Waals surface area contributed by atoms with Crippen LogP contribution in [-0.2, 0) is 9.53 Å². The van der Waals surface area contributed by atoms with Crippen LogP contribution >= 0.6 is 15.9 Å². The van der Waals surface area contributed by atoms with Gasteiger partial charge < -0.3 is 10.1 Å². The van der Waals surface area contributed by atoms with Crippen molar-refractivity contribution in [2.75, 3.05) is 7.11 Å². The first-order valence-corrected chi connectivity index (χ1v) is 7.51. The van der Waals surface area contributed by atoms with Crippen LogP contribution in [0.15, 0.2) is 53.5 Å². The zero-order chi connectivity index (χ0) is 16.1. The maximum Gasteiger partial charge on any atom is 0.328 e. The highest BCUT2D eigenvalue weighted by Gasteiger charge is 2.22. The molecule has 0 radical (unpaired) electrons. The first-order chi connectivity index (χ1) is 10.5. The summed E-state index contributed by atoms with van der Waals surface area (Å²) in [4.78, 5) is 24.1. The number of halogens is 1. The first-order valence-electron chi connectivity index (χ1n) is 6.72. The van der Waals surface area contributed by atoms with E-state index in [-0.39, 0.29) is 12.3 Å². The number of rotatable bonds is 5. The molecule has 0 saturated heterocycles. The summed E-state index contributed by atoms with van der Waals surface area (Å²) in [6, 6.07) is 12.4. The van der Waals surface area contributed by atoms with Gasteiger partial charge in [0, 0.05) is 12.0 Å². The lowest BCUT2D eigenvalue weighted by molar-refractivity contribution is -0.142. The predicted octanol–water partition coefficient (Wildman–Crippen LogP) is 3.41. The van der Waals surface area contributed by atoms with Gasteiger partial charge in [-0.05, 0) is 27.4 Å². The molecule has 4 nitrogen and oxygen atoms in total. The van der Waals surface area contributed by atoms with Gasteiger partial charge in [0.25, 0.3) is 5.91 Å². The van der Waals surface area contributed by atoms with Gasteiger partial charge in [0.15, 0.2) is 0 Å². The summed E-state index contributed by atoms with van der Waals surface area (Å²) >= 11 is 3.20. The summed E-state index contributed by atoms with van der Waals surface area (Å²) in [6.45, 7) is 3.69. The van der Waals surface area contributed by atoms with Gasteiger partial charge in [0.05, 0.1) is 7.11 Å². The van der Waals surface area contributed by atoms with Crippen molar-refractivity contribution in [3.63, 3.8) is 0 Å². The molecule has 0 fully saturated rings. The monoisotopic (exact) mass is 361 g/mol. The minimum Gasteiger partial charge on any atom is -0.467 e. The number of fused-ring (bicyclic) bond motifs is 1. The molecule has 0 aromatic heterocycles. The van der Waals surface area contributed by atoms with Gasteiger partial charge in [-0.15, -0.1) is 0 Å². The van der Waals surface area contributed by atoms with Crippen LogP contribution in [0.3, 0.4) is 0 Å². The van der Waals surface area contributed by atoms with Crippen molar-refractivity contribution in [2.45, 2.75) is 12.5 Å². The number of benzene rings is 2. The Morgan fingerprint density at radius 1 is 1.23 bits per heavy atom. The Morgan fingerprint density at radius 2 is 1.91 bits per heavy atom. The van der Waals surface area contributed by atoms with Gasteiger partial charge in [0.1, 0.15) is 6.04 Å². The molecule has 2 rings (SSSR count). The Morgan fingerprint density at radius 3 is 2.55 bits per heavy atom. The number of methoxy groups -OCH3 is 1. The van der Waals surface area contributed by atoms with Crippen LogP contribution in [0.2, 0.25) is 0 Å². The van der Waals surface area contributed by atoms with Gasteiger partial charge in [-0.25, -0.2) is 4.79 Å². The Hall–Kier alpha value is -2.14. The highest BCUT2D eigenvalue weighted by Crippen LogP contribution is 2.16. The molecule has 0 unspecified atom stereocenters. The number of amides is 1. The number of ether oxygens (including phenoxy) is 1. The normalized spacial score (nSPS) is 11.7. The van der Waals surface area contributed by atoms with E-state index in [0.29, 0.717) is 10.0 Å². The number of carbonyl (C=O) groups is 2. The maximum absolute atomic E-state index is 12.3. The Bertz CT molecular complexity index is 727. The Kier molecular flexibility index (Phi) is 5.33. The van der Waals surface area contributed by atoms with Crippen LogP contribution in [-0.4, -0.2) is 25.0 Å². The lowest BCUT2D eigenvalue weighted by Crippen LogP contribution is -2.41. The van der Waals surface area contributed by atoms with Gasteiger partial charge in [0.2, 0.25) is 0 Å². The van der Waals surface area contributed by atoms with Crippen LogP contribution in [0.1, 0.15) is 16.8 Å². The minimum atomic E-state index is -0.768. The second-order valence-corrected chi connectivity index (χ2v) is 5.95. The minimum absolute atomic E-state index is 0.270. The summed E-state index contributed by atoms with van der Waals surface area (Å²) in [6.07, 6.45) is 0.270. The van der Waals surface area contributed by atoms with Crippen LogP contribution in [0.5, 0.6) is 0 Å². The fourth-order valence-corrected chi connectivity index (χ4v) is 2.45. The zero-order valence-corrected chi connectivity index (χ0v) is 13.7. The summed E-state index contributed by atoms with van der Waals surface area (Å²) in [5.74, 6) is -0.829. The fraction of sp³-hybridized carbons (Fsp3) is 0.176. The molecular weight excluding hydrogens is 346 g/mol. The summed E-state index contributed by atoms with van der Waals surface area (Å²) in [7, 11) is 1.29. The molecule has 2 aromatic rings. The number of hydrogen-bond donors (Lipinski definition) is 1. The third-order valence-corrected chi connectivity index (χ3v) is 3.55. The average Bonchev–Trinajstić information content (AvgIpc) is 2.52. The lowest BCUT2D eigenvalue weighted by atomic mass is 10.1. The largest absolute Gasteiger partial charge is 0.467 e. The summed E-state index contributed by atoms with van der Waals surface area (Å²) < 4.78 is 5.32. The fourth-order valence-electron chi connectivity index (χ4n) is 2.13. The maximum atomic E-state index is 12.3. The van der Waals surface area contributed by atoms with E-state index in [1.165, 1.54) is 7.11 Å². The molecule has 2 aromatic carbocycles. The summed E-state index contributed by atoms with van der Waals surface area (Å²) in [5, 5.41) is 4.70. The van der Waals surface area contributed by atoms with E-state index < -0.39 is 12.0 Å². The van der Waals surface area contributed by atoms with E-state index in [4.69, 9.17) is 4.74 Å². The molecule has 0 heterocycles. The van der Waals surface area contributed by atoms with Crippen LogP contribution in [0.4, 0.5) is 0 Å². The van der Waals surface area contributed by atoms with Crippen LogP contribution in [0.25, 0.3) is 10.8 Å². The second-order valence-electron chi connectivity index (χ2n) is 4.83. The molecule has 0 aliphatic rings. The molecule has 1 N–H and O–H groups in total. The molecule has 0 spiro atoms. The first kappa shape index (κ1) is 16.2. The van der Waals surface area contributed by atoms with Crippen molar-refractivity contribution in [1.29, 1.82) is 0 Å². The topological polar surface area (TPSA) is 55.4 Å². The van der Waals surface area contributed by atoms with E-state index >= 15 is 0 Å². The molecule has 5 heteroatoms. The second kappa shape index (κ2) is 7.22. The predicted molar refractivity (Wildman–Crippen MR) is 89.9 cm³/mol. The van der Waals surface area contributed by atoms with Crippen molar-refractivity contribution < 1.29 is 14.3 Å². The molecule has 1 amide bonds. The standard InChI is InChI=1S/C17H16BrNO3/c1-11(18)9-15(17(21)22-2)19-16(20)14-8-7-12-5-3-4-6-13(12)10-14/h3-8,10,15H,1,9H2,2H3,(H,19,20)/t15-/m1/s1. The third kappa shape index (κ3) is 3.95. The van der Waals surface area contributed by atoms with E-state index in [9.17, 15) is 9.59 Å².